The van der Waals surface area contributed by atoms with Crippen molar-refractivity contribution in [3.8, 4) is 0 Å². The van der Waals surface area contributed by atoms with Crippen LogP contribution in [0.15, 0.2) is 54.6 Å². The predicted molar refractivity (Wildman–Crippen MR) is 112 cm³/mol. The molecule has 0 aliphatic carbocycles. The average molecular weight is 426 g/mol. The molecule has 3 rings (SSSR count). The summed E-state index contributed by atoms with van der Waals surface area (Å²) in [6.45, 7) is 1.40. The molecule has 0 spiro atoms. The highest BCUT2D eigenvalue weighted by Crippen LogP contribution is 2.17. The zero-order valence-corrected chi connectivity index (χ0v) is 16.5. The minimum Gasteiger partial charge on any atom is -0.378 e. The number of benzene rings is 2. The Morgan fingerprint density at radius 2 is 1.71 bits per heavy atom. The summed E-state index contributed by atoms with van der Waals surface area (Å²) in [5.41, 5.74) is 1.39. The summed E-state index contributed by atoms with van der Waals surface area (Å²) in [6.07, 6.45) is 1.83. The first kappa shape index (κ1) is 21.8. The third-order valence-corrected chi connectivity index (χ3v) is 4.30. The van der Waals surface area contributed by atoms with E-state index in [0.29, 0.717) is 11.8 Å². The van der Waals surface area contributed by atoms with Crippen LogP contribution < -0.4 is 10.6 Å². The van der Waals surface area contributed by atoms with Gasteiger partial charge in [-0.25, -0.2) is 8.78 Å². The van der Waals surface area contributed by atoms with Crippen molar-refractivity contribution < 1.29 is 23.5 Å². The van der Waals surface area contributed by atoms with Crippen LogP contribution in [-0.4, -0.2) is 33.2 Å². The van der Waals surface area contributed by atoms with Gasteiger partial charge in [0.2, 0.25) is 5.91 Å². The molecular formula is C22H20F2N4O3. The van der Waals surface area contributed by atoms with E-state index in [9.17, 15) is 23.5 Å². The number of hydrogen-bond acceptors (Lipinski definition) is 4. The standard InChI is InChI=1S/C22H20F2N4O3/c1-13(25-22(31)20(29)15-9-16(23)11-17(24)10-15)21(30)26-19-12-18(27-28-19)8-7-14-5-3-2-4-6-14/h2-13,20,29H,1H3,(H,25,31)(H2,26,27,28,30). The molecule has 0 fully saturated rings. The number of nitrogens with zero attached hydrogens (tertiary/aromatic N) is 1. The largest absolute Gasteiger partial charge is 0.378 e. The summed E-state index contributed by atoms with van der Waals surface area (Å²) in [4.78, 5) is 24.4. The lowest BCUT2D eigenvalue weighted by atomic mass is 10.1. The summed E-state index contributed by atoms with van der Waals surface area (Å²) in [5, 5.41) is 21.6. The third-order valence-electron chi connectivity index (χ3n) is 4.30. The second-order valence-electron chi connectivity index (χ2n) is 6.78. The molecule has 4 N–H and O–H groups in total. The molecule has 2 atom stereocenters. The molecule has 2 amide bonds. The van der Waals surface area contributed by atoms with Crippen LogP contribution in [0.25, 0.3) is 12.2 Å². The van der Waals surface area contributed by atoms with Gasteiger partial charge in [-0.3, -0.25) is 14.7 Å². The second kappa shape index (κ2) is 9.77. The Hall–Kier alpha value is -3.85. The van der Waals surface area contributed by atoms with Crippen molar-refractivity contribution in [3.63, 3.8) is 0 Å². The van der Waals surface area contributed by atoms with Gasteiger partial charge in [0.05, 0.1) is 5.69 Å². The first-order valence-corrected chi connectivity index (χ1v) is 9.35. The van der Waals surface area contributed by atoms with Crippen LogP contribution in [0.3, 0.4) is 0 Å². The lowest BCUT2D eigenvalue weighted by molar-refractivity contribution is -0.132. The van der Waals surface area contributed by atoms with Crippen LogP contribution >= 0.6 is 0 Å². The molecule has 0 aliphatic heterocycles. The number of carbonyl (C=O) groups excluding carboxylic acids is 2. The zero-order chi connectivity index (χ0) is 22.4. The SMILES string of the molecule is CC(NC(=O)C(O)c1cc(F)cc(F)c1)C(=O)Nc1cc(C=Cc2ccccc2)[nH]n1. The van der Waals surface area contributed by atoms with Crippen molar-refractivity contribution in [1.29, 1.82) is 0 Å². The molecule has 31 heavy (non-hydrogen) atoms. The molecular weight excluding hydrogens is 406 g/mol. The van der Waals surface area contributed by atoms with Crippen LogP contribution in [-0.2, 0) is 9.59 Å². The van der Waals surface area contributed by atoms with Gasteiger partial charge in [-0.05, 0) is 36.3 Å². The fraction of sp³-hybridized carbons (Fsp3) is 0.136. The lowest BCUT2D eigenvalue weighted by Gasteiger charge is -2.16. The molecule has 1 aromatic heterocycles. The van der Waals surface area contributed by atoms with E-state index < -0.39 is 35.6 Å². The number of aromatic nitrogens is 2. The molecule has 0 aliphatic rings. The smallest absolute Gasteiger partial charge is 0.254 e. The quantitative estimate of drug-likeness (QED) is 0.466. The molecule has 7 nitrogen and oxygen atoms in total. The number of hydrogen-bond donors (Lipinski definition) is 4. The average Bonchev–Trinajstić information content (AvgIpc) is 3.19. The number of halogens is 2. The van der Waals surface area contributed by atoms with Gasteiger partial charge in [0.15, 0.2) is 11.9 Å². The molecule has 0 radical (unpaired) electrons. The van der Waals surface area contributed by atoms with Crippen LogP contribution in [0.4, 0.5) is 14.6 Å². The fourth-order valence-corrected chi connectivity index (χ4v) is 2.71. The van der Waals surface area contributed by atoms with Crippen LogP contribution in [0.5, 0.6) is 0 Å². The fourth-order valence-electron chi connectivity index (χ4n) is 2.71. The Morgan fingerprint density at radius 3 is 2.39 bits per heavy atom. The minimum absolute atomic E-state index is 0.242. The van der Waals surface area contributed by atoms with Crippen molar-refractivity contribution in [2.24, 2.45) is 0 Å². The first-order valence-electron chi connectivity index (χ1n) is 9.35. The van der Waals surface area contributed by atoms with Gasteiger partial charge in [0.1, 0.15) is 17.7 Å². The lowest BCUT2D eigenvalue weighted by Crippen LogP contribution is -2.43. The van der Waals surface area contributed by atoms with E-state index in [-0.39, 0.29) is 11.4 Å². The Kier molecular flexibility index (Phi) is 6.88. The van der Waals surface area contributed by atoms with Gasteiger partial charge in [-0.15, -0.1) is 0 Å². The second-order valence-corrected chi connectivity index (χ2v) is 6.78. The summed E-state index contributed by atoms with van der Waals surface area (Å²) < 4.78 is 26.6. The molecule has 9 heteroatoms. The maximum Gasteiger partial charge on any atom is 0.254 e. The van der Waals surface area contributed by atoms with E-state index in [1.807, 2.05) is 36.4 Å². The number of rotatable bonds is 7. The molecule has 0 saturated carbocycles. The number of amides is 2. The first-order chi connectivity index (χ1) is 14.8. The maximum atomic E-state index is 13.3. The van der Waals surface area contributed by atoms with E-state index in [1.54, 1.807) is 12.1 Å². The van der Waals surface area contributed by atoms with Crippen LogP contribution in [0, 0.1) is 11.6 Å². The van der Waals surface area contributed by atoms with Crippen LogP contribution in [0.1, 0.15) is 29.8 Å². The number of aliphatic hydroxyl groups excluding tert-OH is 1. The highest BCUT2D eigenvalue weighted by Gasteiger charge is 2.23. The van der Waals surface area contributed by atoms with E-state index in [0.717, 1.165) is 17.7 Å². The summed E-state index contributed by atoms with van der Waals surface area (Å²) in [5.74, 6) is -3.17. The molecule has 2 aromatic carbocycles. The topological polar surface area (TPSA) is 107 Å². The highest BCUT2D eigenvalue weighted by atomic mass is 19.1. The molecule has 2 unspecified atom stereocenters. The zero-order valence-electron chi connectivity index (χ0n) is 16.5. The number of carbonyl (C=O) groups is 2. The third kappa shape index (κ3) is 6.06. The Morgan fingerprint density at radius 1 is 1.03 bits per heavy atom. The number of aromatic amines is 1. The normalized spacial score (nSPS) is 13.0. The van der Waals surface area contributed by atoms with Crippen LogP contribution in [0.2, 0.25) is 0 Å². The van der Waals surface area contributed by atoms with Gasteiger partial charge < -0.3 is 15.7 Å². The summed E-state index contributed by atoms with van der Waals surface area (Å²) >= 11 is 0. The highest BCUT2D eigenvalue weighted by molar-refractivity contribution is 5.97. The Balaban J connectivity index is 1.56. The van der Waals surface area contributed by atoms with Crippen molar-refractivity contribution >= 4 is 29.8 Å². The van der Waals surface area contributed by atoms with E-state index in [4.69, 9.17) is 0 Å². The summed E-state index contributed by atoms with van der Waals surface area (Å²) in [6, 6.07) is 12.5. The van der Waals surface area contributed by atoms with Gasteiger partial charge in [0, 0.05) is 12.1 Å². The predicted octanol–water partition coefficient (Wildman–Crippen LogP) is 3.04. The number of nitrogens with one attached hydrogen (secondary N) is 3. The van der Waals surface area contributed by atoms with Gasteiger partial charge in [0.25, 0.3) is 5.91 Å². The molecule has 160 valence electrons. The van der Waals surface area contributed by atoms with Gasteiger partial charge >= 0.3 is 0 Å². The summed E-state index contributed by atoms with van der Waals surface area (Å²) in [7, 11) is 0. The van der Waals surface area contributed by atoms with Gasteiger partial charge in [-0.1, -0.05) is 36.4 Å². The van der Waals surface area contributed by atoms with Crippen molar-refractivity contribution in [3.05, 3.63) is 83.1 Å². The number of H-pyrrole nitrogens is 1. The van der Waals surface area contributed by atoms with Crippen molar-refractivity contribution in [2.45, 2.75) is 19.1 Å². The number of aliphatic hydroxyl groups is 1. The van der Waals surface area contributed by atoms with Crippen molar-refractivity contribution in [1.82, 2.24) is 15.5 Å². The van der Waals surface area contributed by atoms with Crippen molar-refractivity contribution in [2.75, 3.05) is 5.32 Å². The van der Waals surface area contributed by atoms with E-state index in [2.05, 4.69) is 20.8 Å². The molecule has 1 heterocycles. The Bertz CT molecular complexity index is 1080. The monoisotopic (exact) mass is 426 g/mol. The van der Waals surface area contributed by atoms with E-state index >= 15 is 0 Å². The molecule has 3 aromatic rings. The Labute approximate surface area is 176 Å². The minimum atomic E-state index is -1.83. The van der Waals surface area contributed by atoms with E-state index in [1.165, 1.54) is 6.92 Å². The maximum absolute atomic E-state index is 13.3. The molecule has 0 saturated heterocycles. The number of anilines is 1. The molecule has 0 bridgehead atoms. The van der Waals surface area contributed by atoms with Gasteiger partial charge in [-0.2, -0.15) is 5.10 Å².